The number of benzene rings is 1. The fourth-order valence-corrected chi connectivity index (χ4v) is 2.32. The first kappa shape index (κ1) is 15.6. The van der Waals surface area contributed by atoms with Crippen molar-refractivity contribution >= 4 is 0 Å². The Labute approximate surface area is 127 Å². The van der Waals surface area contributed by atoms with Gasteiger partial charge in [-0.15, -0.1) is 0 Å². The van der Waals surface area contributed by atoms with E-state index >= 15 is 0 Å². The average molecular weight is 287 g/mol. The third kappa shape index (κ3) is 4.11. The second-order valence-electron chi connectivity index (χ2n) is 5.22. The van der Waals surface area contributed by atoms with Crippen LogP contribution in [-0.2, 0) is 0 Å². The summed E-state index contributed by atoms with van der Waals surface area (Å²) in [5.74, 6) is 2.80. The minimum absolute atomic E-state index is 0.0340. The highest BCUT2D eigenvalue weighted by Gasteiger charge is 2.20. The Bertz CT molecular complexity index is 548. The molecule has 1 unspecified atom stereocenters. The van der Waals surface area contributed by atoms with Crippen LogP contribution < -0.4 is 10.1 Å². The van der Waals surface area contributed by atoms with Crippen molar-refractivity contribution in [2.45, 2.75) is 39.7 Å². The first-order valence-corrected chi connectivity index (χ1v) is 7.77. The summed E-state index contributed by atoms with van der Waals surface area (Å²) < 4.78 is 11.7. The van der Waals surface area contributed by atoms with E-state index in [-0.39, 0.29) is 6.04 Å². The van der Waals surface area contributed by atoms with Crippen LogP contribution in [-0.4, -0.2) is 13.2 Å². The van der Waals surface area contributed by atoms with Crippen molar-refractivity contribution in [3.63, 3.8) is 0 Å². The maximum atomic E-state index is 5.89. The molecule has 0 fully saturated rings. The molecule has 2 aromatic rings. The molecule has 21 heavy (non-hydrogen) atoms. The van der Waals surface area contributed by atoms with Gasteiger partial charge in [-0.2, -0.15) is 0 Å². The van der Waals surface area contributed by atoms with E-state index in [0.717, 1.165) is 48.8 Å². The first-order chi connectivity index (χ1) is 10.3. The van der Waals surface area contributed by atoms with Gasteiger partial charge in [-0.1, -0.05) is 32.0 Å². The fraction of sp³-hybridized carbons (Fsp3) is 0.444. The monoisotopic (exact) mass is 287 g/mol. The number of nitrogens with one attached hydrogen (secondary N) is 1. The molecule has 1 aromatic carbocycles. The molecule has 0 aliphatic carbocycles. The van der Waals surface area contributed by atoms with Crippen molar-refractivity contribution in [2.24, 2.45) is 0 Å². The number of hydrogen-bond acceptors (Lipinski definition) is 3. The molecule has 1 atom stereocenters. The lowest BCUT2D eigenvalue weighted by Gasteiger charge is -2.20. The van der Waals surface area contributed by atoms with Gasteiger partial charge in [-0.25, -0.2) is 0 Å². The lowest BCUT2D eigenvalue weighted by Crippen LogP contribution is -2.23. The van der Waals surface area contributed by atoms with Crippen molar-refractivity contribution in [3.05, 3.63) is 53.5 Å². The van der Waals surface area contributed by atoms with Crippen LogP contribution in [0.5, 0.6) is 5.75 Å². The van der Waals surface area contributed by atoms with E-state index in [2.05, 4.69) is 25.2 Å². The summed E-state index contributed by atoms with van der Waals surface area (Å²) in [5.41, 5.74) is 1.13. The highest BCUT2D eigenvalue weighted by Crippen LogP contribution is 2.31. The third-order valence-electron chi connectivity index (χ3n) is 3.34. The van der Waals surface area contributed by atoms with Crippen molar-refractivity contribution < 1.29 is 9.15 Å². The molecular weight excluding hydrogens is 262 g/mol. The van der Waals surface area contributed by atoms with Gasteiger partial charge in [0.05, 0.1) is 12.6 Å². The Hall–Kier alpha value is -1.74. The van der Waals surface area contributed by atoms with Crippen LogP contribution in [0.3, 0.4) is 0 Å². The largest absolute Gasteiger partial charge is 0.493 e. The smallest absolute Gasteiger partial charge is 0.125 e. The Morgan fingerprint density at radius 2 is 1.90 bits per heavy atom. The number of ether oxygens (including phenoxy) is 1. The van der Waals surface area contributed by atoms with E-state index in [9.17, 15) is 0 Å². The summed E-state index contributed by atoms with van der Waals surface area (Å²) in [6.07, 6.45) is 2.08. The summed E-state index contributed by atoms with van der Waals surface area (Å²) in [6, 6.07) is 12.3. The molecule has 0 saturated carbocycles. The molecular formula is C18H25NO2. The van der Waals surface area contributed by atoms with Gasteiger partial charge in [0, 0.05) is 5.56 Å². The SMILES string of the molecule is CCCNC(c1ccc(C)o1)c1ccccc1OCCC. The topological polar surface area (TPSA) is 34.4 Å². The van der Waals surface area contributed by atoms with E-state index in [4.69, 9.17) is 9.15 Å². The van der Waals surface area contributed by atoms with Crippen molar-refractivity contribution in [1.29, 1.82) is 0 Å². The van der Waals surface area contributed by atoms with E-state index in [1.165, 1.54) is 0 Å². The Balaban J connectivity index is 2.31. The zero-order chi connectivity index (χ0) is 15.1. The molecule has 0 saturated heterocycles. The van der Waals surface area contributed by atoms with Crippen LogP contribution in [0.4, 0.5) is 0 Å². The minimum Gasteiger partial charge on any atom is -0.493 e. The lowest BCUT2D eigenvalue weighted by atomic mass is 10.0. The van der Waals surface area contributed by atoms with Gasteiger partial charge in [0.15, 0.2) is 0 Å². The molecule has 0 aliphatic heterocycles. The Morgan fingerprint density at radius 3 is 2.57 bits per heavy atom. The second kappa shape index (κ2) is 7.89. The van der Waals surface area contributed by atoms with Crippen molar-refractivity contribution in [3.8, 4) is 5.75 Å². The molecule has 3 nitrogen and oxygen atoms in total. The molecule has 2 rings (SSSR count). The highest BCUT2D eigenvalue weighted by molar-refractivity contribution is 5.39. The molecule has 1 heterocycles. The molecule has 0 spiro atoms. The molecule has 1 N–H and O–H groups in total. The van der Waals surface area contributed by atoms with Gasteiger partial charge in [0.2, 0.25) is 0 Å². The maximum absolute atomic E-state index is 5.89. The van der Waals surface area contributed by atoms with Crippen molar-refractivity contribution in [1.82, 2.24) is 5.32 Å². The minimum atomic E-state index is 0.0340. The summed E-state index contributed by atoms with van der Waals surface area (Å²) in [6.45, 7) is 7.92. The quantitative estimate of drug-likeness (QED) is 0.778. The van der Waals surface area contributed by atoms with Crippen LogP contribution in [0.25, 0.3) is 0 Å². The average Bonchev–Trinajstić information content (AvgIpc) is 2.93. The molecule has 0 radical (unpaired) electrons. The zero-order valence-corrected chi connectivity index (χ0v) is 13.2. The Morgan fingerprint density at radius 1 is 1.10 bits per heavy atom. The predicted molar refractivity (Wildman–Crippen MR) is 85.8 cm³/mol. The standard InChI is InChI=1S/C18H25NO2/c1-4-12-19-18(17-11-10-14(3)21-17)15-8-6-7-9-16(15)20-13-5-2/h6-11,18-19H,4-5,12-13H2,1-3H3. The van der Waals surface area contributed by atoms with Crippen LogP contribution in [0, 0.1) is 6.92 Å². The van der Waals surface area contributed by atoms with Crippen LogP contribution in [0.2, 0.25) is 0 Å². The number of rotatable bonds is 8. The first-order valence-electron chi connectivity index (χ1n) is 7.77. The highest BCUT2D eigenvalue weighted by atomic mass is 16.5. The number of furan rings is 1. The van der Waals surface area contributed by atoms with Gasteiger partial charge < -0.3 is 14.5 Å². The third-order valence-corrected chi connectivity index (χ3v) is 3.34. The van der Waals surface area contributed by atoms with Crippen LogP contribution in [0.15, 0.2) is 40.8 Å². The van der Waals surface area contributed by atoms with Gasteiger partial charge in [0.1, 0.15) is 17.3 Å². The van der Waals surface area contributed by atoms with Gasteiger partial charge in [-0.3, -0.25) is 0 Å². The second-order valence-corrected chi connectivity index (χ2v) is 5.22. The van der Waals surface area contributed by atoms with Crippen LogP contribution in [0.1, 0.15) is 49.8 Å². The summed E-state index contributed by atoms with van der Waals surface area (Å²) in [7, 11) is 0. The normalized spacial score (nSPS) is 12.3. The zero-order valence-electron chi connectivity index (χ0n) is 13.2. The van der Waals surface area contributed by atoms with E-state index in [0.29, 0.717) is 0 Å². The molecule has 0 amide bonds. The van der Waals surface area contributed by atoms with E-state index < -0.39 is 0 Å². The molecule has 0 aliphatic rings. The molecule has 3 heteroatoms. The van der Waals surface area contributed by atoms with E-state index in [1.54, 1.807) is 0 Å². The summed E-state index contributed by atoms with van der Waals surface area (Å²) in [4.78, 5) is 0. The molecule has 114 valence electrons. The number of hydrogen-bond donors (Lipinski definition) is 1. The van der Waals surface area contributed by atoms with Gasteiger partial charge >= 0.3 is 0 Å². The maximum Gasteiger partial charge on any atom is 0.125 e. The lowest BCUT2D eigenvalue weighted by molar-refractivity contribution is 0.309. The number of para-hydroxylation sites is 1. The summed E-state index contributed by atoms with van der Waals surface area (Å²) >= 11 is 0. The predicted octanol–water partition coefficient (Wildman–Crippen LogP) is 4.47. The fourth-order valence-electron chi connectivity index (χ4n) is 2.32. The number of aryl methyl sites for hydroxylation is 1. The summed E-state index contributed by atoms with van der Waals surface area (Å²) in [5, 5.41) is 3.56. The van der Waals surface area contributed by atoms with Crippen molar-refractivity contribution in [2.75, 3.05) is 13.2 Å². The van der Waals surface area contributed by atoms with Crippen LogP contribution >= 0.6 is 0 Å². The molecule has 0 bridgehead atoms. The molecule has 1 aromatic heterocycles. The van der Waals surface area contributed by atoms with E-state index in [1.807, 2.05) is 37.3 Å². The Kier molecular flexibility index (Phi) is 5.88. The van der Waals surface area contributed by atoms with Gasteiger partial charge in [0.25, 0.3) is 0 Å². The van der Waals surface area contributed by atoms with Gasteiger partial charge in [-0.05, 0) is 44.5 Å².